The number of nitriles is 1. The van der Waals surface area contributed by atoms with Gasteiger partial charge in [0.2, 0.25) is 0 Å². The zero-order valence-electron chi connectivity index (χ0n) is 8.17. The van der Waals surface area contributed by atoms with E-state index in [2.05, 4.69) is 11.1 Å². The second kappa shape index (κ2) is 3.84. The van der Waals surface area contributed by atoms with Gasteiger partial charge in [-0.1, -0.05) is 11.6 Å². The highest BCUT2D eigenvalue weighted by atomic mass is 35.5. The SMILES string of the molecule is COc1ccc2[nH]cc(CC#N)c2c1Cl. The van der Waals surface area contributed by atoms with E-state index in [1.54, 1.807) is 19.4 Å². The zero-order valence-corrected chi connectivity index (χ0v) is 8.93. The monoisotopic (exact) mass is 220 g/mol. The molecule has 4 heteroatoms. The first-order valence-corrected chi connectivity index (χ1v) is 4.85. The Morgan fingerprint density at radius 2 is 2.33 bits per heavy atom. The fourth-order valence-electron chi connectivity index (χ4n) is 1.61. The van der Waals surface area contributed by atoms with Crippen LogP contribution in [0.3, 0.4) is 0 Å². The summed E-state index contributed by atoms with van der Waals surface area (Å²) in [5.41, 5.74) is 1.82. The van der Waals surface area contributed by atoms with E-state index in [4.69, 9.17) is 21.6 Å². The number of hydrogen-bond acceptors (Lipinski definition) is 2. The molecule has 2 aromatic rings. The van der Waals surface area contributed by atoms with Gasteiger partial charge in [0.25, 0.3) is 0 Å². The van der Waals surface area contributed by atoms with Crippen molar-refractivity contribution in [2.75, 3.05) is 7.11 Å². The normalized spacial score (nSPS) is 10.2. The molecular formula is C11H9ClN2O. The summed E-state index contributed by atoms with van der Waals surface area (Å²) < 4.78 is 5.13. The highest BCUT2D eigenvalue weighted by molar-refractivity contribution is 6.37. The number of rotatable bonds is 2. The average Bonchev–Trinajstić information content (AvgIpc) is 2.64. The van der Waals surface area contributed by atoms with Crippen molar-refractivity contribution in [2.45, 2.75) is 6.42 Å². The molecule has 3 nitrogen and oxygen atoms in total. The van der Waals surface area contributed by atoms with E-state index in [0.717, 1.165) is 16.5 Å². The highest BCUT2D eigenvalue weighted by Gasteiger charge is 2.11. The Kier molecular flexibility index (Phi) is 2.53. The van der Waals surface area contributed by atoms with Crippen molar-refractivity contribution in [1.29, 1.82) is 5.26 Å². The smallest absolute Gasteiger partial charge is 0.138 e. The van der Waals surface area contributed by atoms with E-state index in [1.165, 1.54) is 0 Å². The van der Waals surface area contributed by atoms with Gasteiger partial charge in [0.15, 0.2) is 0 Å². The van der Waals surface area contributed by atoms with Gasteiger partial charge < -0.3 is 9.72 Å². The molecule has 1 aromatic carbocycles. The van der Waals surface area contributed by atoms with E-state index in [0.29, 0.717) is 17.2 Å². The predicted octanol–water partition coefficient (Wildman–Crippen LogP) is 2.90. The third kappa shape index (κ3) is 1.53. The summed E-state index contributed by atoms with van der Waals surface area (Å²) in [5.74, 6) is 0.628. The van der Waals surface area contributed by atoms with Gasteiger partial charge in [-0.05, 0) is 17.7 Å². The standard InChI is InChI=1S/C11H9ClN2O/c1-15-9-3-2-8-10(11(9)12)7(4-5-13)6-14-8/h2-3,6,14H,4H2,1H3. The Hall–Kier alpha value is -1.66. The Morgan fingerprint density at radius 1 is 1.53 bits per heavy atom. The average molecular weight is 221 g/mol. The van der Waals surface area contributed by atoms with Crippen LogP contribution in [0.15, 0.2) is 18.3 Å². The second-order valence-corrected chi connectivity index (χ2v) is 3.53. The highest BCUT2D eigenvalue weighted by Crippen LogP contribution is 2.34. The molecule has 0 bridgehead atoms. The Bertz CT molecular complexity index is 539. The van der Waals surface area contributed by atoms with E-state index < -0.39 is 0 Å². The summed E-state index contributed by atoms with van der Waals surface area (Å²) in [5, 5.41) is 10.1. The number of ether oxygens (including phenoxy) is 1. The summed E-state index contributed by atoms with van der Waals surface area (Å²) in [6.45, 7) is 0. The largest absolute Gasteiger partial charge is 0.495 e. The molecule has 0 atom stereocenters. The number of aromatic amines is 1. The van der Waals surface area contributed by atoms with Crippen LogP contribution < -0.4 is 4.74 Å². The van der Waals surface area contributed by atoms with Crippen LogP contribution in [0.25, 0.3) is 10.9 Å². The maximum atomic E-state index is 8.68. The summed E-state index contributed by atoms with van der Waals surface area (Å²) in [6.07, 6.45) is 2.14. The molecule has 0 aliphatic rings. The van der Waals surface area contributed by atoms with E-state index >= 15 is 0 Å². The molecule has 0 amide bonds. The number of H-pyrrole nitrogens is 1. The number of halogens is 1. The van der Waals surface area contributed by atoms with Crippen LogP contribution in [0.1, 0.15) is 5.56 Å². The molecule has 0 saturated carbocycles. The molecule has 76 valence electrons. The molecule has 0 saturated heterocycles. The Balaban J connectivity index is 2.71. The van der Waals surface area contributed by atoms with Gasteiger partial charge in [0.1, 0.15) is 5.75 Å². The quantitative estimate of drug-likeness (QED) is 0.846. The van der Waals surface area contributed by atoms with Crippen LogP contribution in [0.5, 0.6) is 5.75 Å². The van der Waals surface area contributed by atoms with Crippen molar-refractivity contribution >= 4 is 22.5 Å². The van der Waals surface area contributed by atoms with Crippen molar-refractivity contribution in [3.63, 3.8) is 0 Å². The second-order valence-electron chi connectivity index (χ2n) is 3.15. The molecule has 0 aliphatic carbocycles. The number of nitrogens with one attached hydrogen (secondary N) is 1. The molecule has 0 spiro atoms. The van der Waals surface area contributed by atoms with E-state index in [-0.39, 0.29) is 0 Å². The van der Waals surface area contributed by atoms with Crippen molar-refractivity contribution in [2.24, 2.45) is 0 Å². The van der Waals surface area contributed by atoms with Crippen molar-refractivity contribution in [3.05, 3.63) is 28.9 Å². The number of aromatic nitrogens is 1. The summed E-state index contributed by atoms with van der Waals surface area (Å²) in [6, 6.07) is 5.80. The number of hydrogen-bond donors (Lipinski definition) is 1. The fraction of sp³-hybridized carbons (Fsp3) is 0.182. The van der Waals surface area contributed by atoms with Gasteiger partial charge in [-0.25, -0.2) is 0 Å². The van der Waals surface area contributed by atoms with Crippen LogP contribution in [-0.2, 0) is 6.42 Å². The number of benzene rings is 1. The van der Waals surface area contributed by atoms with Crippen molar-refractivity contribution in [3.8, 4) is 11.8 Å². The minimum Gasteiger partial charge on any atom is -0.495 e. The lowest BCUT2D eigenvalue weighted by molar-refractivity contribution is 0.415. The minimum absolute atomic E-state index is 0.340. The first-order valence-electron chi connectivity index (χ1n) is 4.47. The van der Waals surface area contributed by atoms with Crippen LogP contribution in [-0.4, -0.2) is 12.1 Å². The summed E-state index contributed by atoms with van der Waals surface area (Å²) >= 11 is 6.17. The number of nitrogens with zero attached hydrogens (tertiary/aromatic N) is 1. The molecule has 0 aliphatic heterocycles. The van der Waals surface area contributed by atoms with E-state index in [1.807, 2.05) is 6.07 Å². The third-order valence-electron chi connectivity index (χ3n) is 2.32. The first-order chi connectivity index (χ1) is 7.27. The third-order valence-corrected chi connectivity index (χ3v) is 2.69. The van der Waals surface area contributed by atoms with Crippen LogP contribution in [0.2, 0.25) is 5.02 Å². The van der Waals surface area contributed by atoms with Gasteiger partial charge in [0, 0.05) is 17.1 Å². The lowest BCUT2D eigenvalue weighted by atomic mass is 10.1. The Morgan fingerprint density at radius 3 is 3.00 bits per heavy atom. The number of fused-ring (bicyclic) bond motifs is 1. The topological polar surface area (TPSA) is 48.8 Å². The summed E-state index contributed by atoms with van der Waals surface area (Å²) in [4.78, 5) is 3.07. The van der Waals surface area contributed by atoms with Crippen molar-refractivity contribution < 1.29 is 4.74 Å². The number of methoxy groups -OCH3 is 1. The summed E-state index contributed by atoms with van der Waals surface area (Å²) in [7, 11) is 1.57. The molecule has 2 rings (SSSR count). The molecule has 15 heavy (non-hydrogen) atoms. The lowest BCUT2D eigenvalue weighted by Gasteiger charge is -2.04. The van der Waals surface area contributed by atoms with Crippen LogP contribution in [0, 0.1) is 11.3 Å². The van der Waals surface area contributed by atoms with Gasteiger partial charge >= 0.3 is 0 Å². The van der Waals surface area contributed by atoms with Crippen molar-refractivity contribution in [1.82, 2.24) is 4.98 Å². The molecule has 0 fully saturated rings. The lowest BCUT2D eigenvalue weighted by Crippen LogP contribution is -1.85. The fourth-order valence-corrected chi connectivity index (χ4v) is 1.97. The Labute approximate surface area is 92.2 Å². The van der Waals surface area contributed by atoms with Gasteiger partial charge in [0.05, 0.1) is 24.6 Å². The zero-order chi connectivity index (χ0) is 10.8. The van der Waals surface area contributed by atoms with Crippen LogP contribution >= 0.6 is 11.6 Å². The maximum Gasteiger partial charge on any atom is 0.138 e. The molecule has 1 heterocycles. The molecule has 1 aromatic heterocycles. The molecule has 0 unspecified atom stereocenters. The van der Waals surface area contributed by atoms with E-state index in [9.17, 15) is 0 Å². The van der Waals surface area contributed by atoms with Gasteiger partial charge in [-0.15, -0.1) is 0 Å². The maximum absolute atomic E-state index is 8.68. The minimum atomic E-state index is 0.340. The molecule has 0 radical (unpaired) electrons. The van der Waals surface area contributed by atoms with Gasteiger partial charge in [-0.2, -0.15) is 5.26 Å². The molecular weight excluding hydrogens is 212 g/mol. The predicted molar refractivity (Wildman–Crippen MR) is 59.2 cm³/mol. The molecule has 1 N–H and O–H groups in total. The van der Waals surface area contributed by atoms with Crippen LogP contribution in [0.4, 0.5) is 0 Å². The first kappa shape index (κ1) is 9.88. The van der Waals surface area contributed by atoms with Gasteiger partial charge in [-0.3, -0.25) is 0 Å².